The summed E-state index contributed by atoms with van der Waals surface area (Å²) in [6.07, 6.45) is -3.31. The van der Waals surface area contributed by atoms with Gasteiger partial charge in [-0.1, -0.05) is 36.4 Å². The number of nitrogens with two attached hydrogens (primary N) is 1. The maximum absolute atomic E-state index is 12.6. The Morgan fingerprint density at radius 1 is 0.960 bits per heavy atom. The SMILES string of the molecule is Nc1ccc(OCc2ccccc2)cc1-c1ccc(C(F)(F)F)nc1. The molecule has 0 spiro atoms. The summed E-state index contributed by atoms with van der Waals surface area (Å²) in [4.78, 5) is 3.47. The number of alkyl halides is 3. The number of benzene rings is 2. The van der Waals surface area contributed by atoms with E-state index in [0.717, 1.165) is 17.8 Å². The van der Waals surface area contributed by atoms with Crippen molar-refractivity contribution in [2.75, 3.05) is 5.73 Å². The van der Waals surface area contributed by atoms with Gasteiger partial charge in [-0.3, -0.25) is 4.98 Å². The minimum atomic E-state index is -4.47. The van der Waals surface area contributed by atoms with Gasteiger partial charge in [0.2, 0.25) is 0 Å². The average molecular weight is 344 g/mol. The maximum Gasteiger partial charge on any atom is 0.433 e. The third-order valence-corrected chi connectivity index (χ3v) is 3.64. The van der Waals surface area contributed by atoms with Gasteiger partial charge in [-0.15, -0.1) is 0 Å². The monoisotopic (exact) mass is 344 g/mol. The van der Waals surface area contributed by atoms with E-state index in [4.69, 9.17) is 10.5 Å². The molecular formula is C19H15F3N2O. The molecule has 3 rings (SSSR count). The summed E-state index contributed by atoms with van der Waals surface area (Å²) in [5.74, 6) is 0.577. The van der Waals surface area contributed by atoms with E-state index in [0.29, 0.717) is 29.2 Å². The highest BCUT2D eigenvalue weighted by atomic mass is 19.4. The van der Waals surface area contributed by atoms with Crippen LogP contribution in [0.3, 0.4) is 0 Å². The molecule has 0 saturated carbocycles. The van der Waals surface area contributed by atoms with Gasteiger partial charge in [-0.25, -0.2) is 0 Å². The number of hydrogen-bond acceptors (Lipinski definition) is 3. The Balaban J connectivity index is 1.82. The zero-order chi connectivity index (χ0) is 17.9. The molecule has 3 aromatic rings. The lowest BCUT2D eigenvalue weighted by molar-refractivity contribution is -0.141. The van der Waals surface area contributed by atoms with Crippen molar-refractivity contribution in [3.05, 3.63) is 78.1 Å². The first-order chi connectivity index (χ1) is 11.9. The third-order valence-electron chi connectivity index (χ3n) is 3.64. The Morgan fingerprint density at radius 2 is 1.72 bits per heavy atom. The highest BCUT2D eigenvalue weighted by Crippen LogP contribution is 2.32. The van der Waals surface area contributed by atoms with Gasteiger partial charge in [0, 0.05) is 23.0 Å². The molecule has 1 heterocycles. The summed E-state index contributed by atoms with van der Waals surface area (Å²) in [5, 5.41) is 0. The zero-order valence-electron chi connectivity index (χ0n) is 13.1. The van der Waals surface area contributed by atoms with Crippen molar-refractivity contribution in [2.24, 2.45) is 0 Å². The molecule has 1 aromatic heterocycles. The Labute approximate surface area is 142 Å². The van der Waals surface area contributed by atoms with Crippen LogP contribution in [0.5, 0.6) is 5.75 Å². The Bertz CT molecular complexity index is 847. The van der Waals surface area contributed by atoms with E-state index >= 15 is 0 Å². The summed E-state index contributed by atoms with van der Waals surface area (Å²) < 4.78 is 43.6. The minimum Gasteiger partial charge on any atom is -0.489 e. The van der Waals surface area contributed by atoms with Gasteiger partial charge in [-0.2, -0.15) is 13.2 Å². The molecule has 6 heteroatoms. The van der Waals surface area contributed by atoms with Gasteiger partial charge in [0.15, 0.2) is 0 Å². The molecule has 2 N–H and O–H groups in total. The van der Waals surface area contributed by atoms with Crippen LogP contribution in [-0.4, -0.2) is 4.98 Å². The van der Waals surface area contributed by atoms with Crippen LogP contribution in [-0.2, 0) is 12.8 Å². The second-order valence-electron chi connectivity index (χ2n) is 5.45. The first-order valence-corrected chi connectivity index (χ1v) is 7.53. The molecule has 0 aliphatic heterocycles. The van der Waals surface area contributed by atoms with Crippen molar-refractivity contribution in [2.45, 2.75) is 12.8 Å². The summed E-state index contributed by atoms with van der Waals surface area (Å²) in [6.45, 7) is 0.384. The predicted octanol–water partition coefficient (Wildman–Crippen LogP) is 4.93. The lowest BCUT2D eigenvalue weighted by Gasteiger charge is -2.11. The molecule has 3 nitrogen and oxygen atoms in total. The second-order valence-corrected chi connectivity index (χ2v) is 5.45. The highest BCUT2D eigenvalue weighted by Gasteiger charge is 2.32. The van der Waals surface area contributed by atoms with Crippen molar-refractivity contribution in [3.63, 3.8) is 0 Å². The van der Waals surface area contributed by atoms with Crippen LogP contribution in [0.15, 0.2) is 66.9 Å². The molecule has 2 aromatic carbocycles. The molecule has 0 aliphatic rings. The summed E-state index contributed by atoms with van der Waals surface area (Å²) in [7, 11) is 0. The first kappa shape index (κ1) is 16.8. The summed E-state index contributed by atoms with van der Waals surface area (Å²) in [6, 6.07) is 17.0. The molecule has 0 aliphatic carbocycles. The number of hydrogen-bond donors (Lipinski definition) is 1. The minimum absolute atomic E-state index is 0.384. The summed E-state index contributed by atoms with van der Waals surface area (Å²) in [5.41, 5.74) is 7.53. The van der Waals surface area contributed by atoms with E-state index in [9.17, 15) is 13.2 Å². The fraction of sp³-hybridized carbons (Fsp3) is 0.105. The van der Waals surface area contributed by atoms with Crippen LogP contribution in [0.4, 0.5) is 18.9 Å². The molecule has 0 atom stereocenters. The van der Waals surface area contributed by atoms with Gasteiger partial charge in [-0.05, 0) is 29.8 Å². The van der Waals surface area contributed by atoms with E-state index < -0.39 is 11.9 Å². The maximum atomic E-state index is 12.6. The van der Waals surface area contributed by atoms with Crippen LogP contribution < -0.4 is 10.5 Å². The van der Waals surface area contributed by atoms with Crippen LogP contribution in [0.2, 0.25) is 0 Å². The largest absolute Gasteiger partial charge is 0.489 e. The van der Waals surface area contributed by atoms with Crippen molar-refractivity contribution in [3.8, 4) is 16.9 Å². The van der Waals surface area contributed by atoms with Crippen molar-refractivity contribution >= 4 is 5.69 Å². The van der Waals surface area contributed by atoms with Gasteiger partial charge < -0.3 is 10.5 Å². The van der Waals surface area contributed by atoms with Gasteiger partial charge in [0.1, 0.15) is 18.1 Å². The molecule has 0 unspecified atom stereocenters. The highest BCUT2D eigenvalue weighted by molar-refractivity contribution is 5.77. The number of aromatic nitrogens is 1. The predicted molar refractivity (Wildman–Crippen MR) is 89.9 cm³/mol. The van der Waals surface area contributed by atoms with Crippen molar-refractivity contribution in [1.29, 1.82) is 0 Å². The first-order valence-electron chi connectivity index (χ1n) is 7.53. The lowest BCUT2D eigenvalue weighted by Crippen LogP contribution is -2.07. The van der Waals surface area contributed by atoms with Crippen LogP contribution in [0, 0.1) is 0 Å². The average Bonchev–Trinajstić information content (AvgIpc) is 2.61. The molecule has 0 saturated heterocycles. The number of pyridine rings is 1. The van der Waals surface area contributed by atoms with E-state index in [1.807, 2.05) is 30.3 Å². The standard InChI is InChI=1S/C19H15F3N2O/c20-19(21,22)18-9-6-14(11-24-18)16-10-15(7-8-17(16)23)25-12-13-4-2-1-3-5-13/h1-11H,12,23H2. The zero-order valence-corrected chi connectivity index (χ0v) is 13.1. The van der Waals surface area contributed by atoms with E-state index in [-0.39, 0.29) is 0 Å². The number of anilines is 1. The molecule has 128 valence electrons. The quantitative estimate of drug-likeness (QED) is 0.683. The Morgan fingerprint density at radius 3 is 2.36 bits per heavy atom. The van der Waals surface area contributed by atoms with E-state index in [1.165, 1.54) is 6.07 Å². The Kier molecular flexibility index (Phi) is 4.61. The second kappa shape index (κ2) is 6.84. The third kappa shape index (κ3) is 4.09. The molecular weight excluding hydrogens is 329 g/mol. The number of nitrogen functional groups attached to an aromatic ring is 1. The number of nitrogens with zero attached hydrogens (tertiary/aromatic N) is 1. The number of halogens is 3. The molecule has 0 radical (unpaired) electrons. The van der Waals surface area contributed by atoms with Crippen molar-refractivity contribution < 1.29 is 17.9 Å². The molecule has 25 heavy (non-hydrogen) atoms. The van der Waals surface area contributed by atoms with Gasteiger partial charge in [0.05, 0.1) is 0 Å². The number of rotatable bonds is 4. The molecule has 0 amide bonds. The smallest absolute Gasteiger partial charge is 0.433 e. The van der Waals surface area contributed by atoms with Gasteiger partial charge in [0.25, 0.3) is 0 Å². The lowest BCUT2D eigenvalue weighted by atomic mass is 10.0. The topological polar surface area (TPSA) is 48.1 Å². The fourth-order valence-electron chi connectivity index (χ4n) is 2.34. The van der Waals surface area contributed by atoms with E-state index in [2.05, 4.69) is 4.98 Å². The Hall–Kier alpha value is -3.02. The summed E-state index contributed by atoms with van der Waals surface area (Å²) >= 11 is 0. The fourth-order valence-corrected chi connectivity index (χ4v) is 2.34. The van der Waals surface area contributed by atoms with Crippen LogP contribution >= 0.6 is 0 Å². The molecule has 0 fully saturated rings. The van der Waals surface area contributed by atoms with Gasteiger partial charge >= 0.3 is 6.18 Å². The van der Waals surface area contributed by atoms with E-state index in [1.54, 1.807) is 18.2 Å². The molecule has 0 bridgehead atoms. The normalized spacial score (nSPS) is 11.3. The van der Waals surface area contributed by atoms with Crippen molar-refractivity contribution in [1.82, 2.24) is 4.98 Å². The number of ether oxygens (including phenoxy) is 1. The van der Waals surface area contributed by atoms with Crippen LogP contribution in [0.25, 0.3) is 11.1 Å². The van der Waals surface area contributed by atoms with Crippen LogP contribution in [0.1, 0.15) is 11.3 Å².